The molecule has 152 valence electrons. The quantitative estimate of drug-likeness (QED) is 0.536. The first kappa shape index (κ1) is 19.9. The first-order valence-corrected chi connectivity index (χ1v) is 10.5. The molecule has 1 aliphatic rings. The van der Waals surface area contributed by atoms with E-state index in [-0.39, 0.29) is 11.9 Å². The van der Waals surface area contributed by atoms with Crippen molar-refractivity contribution in [3.05, 3.63) is 54.3 Å². The largest absolute Gasteiger partial charge is 0.494 e. The Balaban J connectivity index is 1.67. The second-order valence-corrected chi connectivity index (χ2v) is 7.45. The van der Waals surface area contributed by atoms with Crippen molar-refractivity contribution in [2.45, 2.75) is 24.6 Å². The van der Waals surface area contributed by atoms with Crippen LogP contribution in [0.15, 0.2) is 53.7 Å². The maximum Gasteiger partial charge on any atom is 0.196 e. The monoisotopic (exact) mass is 415 g/mol. The molecule has 1 atom stereocenters. The fourth-order valence-electron chi connectivity index (χ4n) is 3.07. The van der Waals surface area contributed by atoms with Crippen molar-refractivity contribution in [2.75, 3.05) is 25.8 Å². The predicted octanol–water partition coefficient (Wildman–Crippen LogP) is 4.33. The Morgan fingerprint density at radius 3 is 2.72 bits per heavy atom. The molecule has 1 saturated heterocycles. The zero-order valence-electron chi connectivity index (χ0n) is 16.1. The fourth-order valence-corrected chi connectivity index (χ4v) is 4.08. The van der Waals surface area contributed by atoms with E-state index in [0.29, 0.717) is 42.4 Å². The predicted molar refractivity (Wildman–Crippen MR) is 109 cm³/mol. The number of hydrogen-bond donors (Lipinski definition) is 0. The van der Waals surface area contributed by atoms with Gasteiger partial charge in [0.1, 0.15) is 18.4 Å². The lowest BCUT2D eigenvalue weighted by atomic mass is 10.2. The first-order chi connectivity index (χ1) is 14.3. The van der Waals surface area contributed by atoms with Crippen LogP contribution in [-0.2, 0) is 9.47 Å². The zero-order chi connectivity index (χ0) is 20.1. The number of para-hydroxylation sites is 1. The lowest BCUT2D eigenvalue weighted by molar-refractivity contribution is -0.130. The highest BCUT2D eigenvalue weighted by molar-refractivity contribution is 7.99. The molecule has 0 radical (unpaired) electrons. The highest BCUT2D eigenvalue weighted by Gasteiger charge is 2.21. The molecule has 1 aromatic heterocycles. The molecule has 2 aromatic carbocycles. The minimum Gasteiger partial charge on any atom is -0.494 e. The Morgan fingerprint density at radius 1 is 1.17 bits per heavy atom. The molecular weight excluding hydrogens is 393 g/mol. The Bertz CT molecular complexity index is 943. The number of nitrogens with zero attached hydrogens (tertiary/aromatic N) is 3. The smallest absolute Gasteiger partial charge is 0.196 e. The summed E-state index contributed by atoms with van der Waals surface area (Å²) in [4.78, 5) is 0. The van der Waals surface area contributed by atoms with Crippen LogP contribution < -0.4 is 4.74 Å². The van der Waals surface area contributed by atoms with E-state index in [9.17, 15) is 4.39 Å². The molecule has 0 saturated carbocycles. The van der Waals surface area contributed by atoms with Gasteiger partial charge in [0.2, 0.25) is 0 Å². The molecule has 0 aliphatic carbocycles. The molecule has 4 rings (SSSR count). The Hall–Kier alpha value is -2.42. The second kappa shape index (κ2) is 9.39. The summed E-state index contributed by atoms with van der Waals surface area (Å²) in [7, 11) is 0. The van der Waals surface area contributed by atoms with Gasteiger partial charge in [-0.15, -0.1) is 10.2 Å². The third kappa shape index (κ3) is 4.60. The standard InChI is InChI=1S/C21H22FN3O3S/c1-2-27-16-9-7-15(8-10-16)20-23-24-21(29-13-17-11-12-26-14-28-17)25(20)19-6-4-3-5-18(19)22/h3-10,17H,2,11-14H2,1H3/t17-/m0/s1. The fraction of sp³-hybridized carbons (Fsp3) is 0.333. The Kier molecular flexibility index (Phi) is 6.43. The summed E-state index contributed by atoms with van der Waals surface area (Å²) in [6, 6.07) is 14.2. The molecule has 2 heterocycles. The van der Waals surface area contributed by atoms with E-state index < -0.39 is 0 Å². The van der Waals surface area contributed by atoms with Gasteiger partial charge in [0.05, 0.1) is 25.0 Å². The van der Waals surface area contributed by atoms with E-state index in [2.05, 4.69) is 10.2 Å². The normalized spacial score (nSPS) is 16.7. The number of ether oxygens (including phenoxy) is 3. The van der Waals surface area contributed by atoms with Crippen molar-refractivity contribution >= 4 is 11.8 Å². The van der Waals surface area contributed by atoms with Crippen LogP contribution in [0.25, 0.3) is 17.1 Å². The minimum absolute atomic E-state index is 0.0773. The number of aromatic nitrogens is 3. The van der Waals surface area contributed by atoms with E-state index >= 15 is 0 Å². The van der Waals surface area contributed by atoms with Crippen molar-refractivity contribution in [2.24, 2.45) is 0 Å². The molecule has 0 N–H and O–H groups in total. The molecule has 0 amide bonds. The average molecular weight is 415 g/mol. The molecule has 6 nitrogen and oxygen atoms in total. The second-order valence-electron chi connectivity index (χ2n) is 6.46. The van der Waals surface area contributed by atoms with Crippen molar-refractivity contribution in [3.8, 4) is 22.8 Å². The Labute approximate surface area is 173 Å². The molecule has 8 heteroatoms. The molecule has 0 unspecified atom stereocenters. The third-order valence-electron chi connectivity index (χ3n) is 4.52. The van der Waals surface area contributed by atoms with Gasteiger partial charge in [-0.2, -0.15) is 0 Å². The third-order valence-corrected chi connectivity index (χ3v) is 5.58. The summed E-state index contributed by atoms with van der Waals surface area (Å²) in [5.41, 5.74) is 1.25. The van der Waals surface area contributed by atoms with Crippen LogP contribution in [0.5, 0.6) is 5.75 Å². The lowest BCUT2D eigenvalue weighted by Crippen LogP contribution is -2.25. The van der Waals surface area contributed by atoms with E-state index in [4.69, 9.17) is 14.2 Å². The summed E-state index contributed by atoms with van der Waals surface area (Å²) in [6.45, 7) is 3.53. The molecule has 0 spiro atoms. The van der Waals surface area contributed by atoms with E-state index in [1.807, 2.05) is 31.2 Å². The van der Waals surface area contributed by atoms with Gasteiger partial charge < -0.3 is 14.2 Å². The van der Waals surface area contributed by atoms with Crippen LogP contribution in [0.4, 0.5) is 4.39 Å². The van der Waals surface area contributed by atoms with Crippen LogP contribution in [0.2, 0.25) is 0 Å². The van der Waals surface area contributed by atoms with Gasteiger partial charge in [-0.05, 0) is 49.7 Å². The minimum atomic E-state index is -0.330. The number of thioether (sulfide) groups is 1. The maximum absolute atomic E-state index is 14.6. The first-order valence-electron chi connectivity index (χ1n) is 9.52. The maximum atomic E-state index is 14.6. The molecule has 1 aliphatic heterocycles. The van der Waals surface area contributed by atoms with Gasteiger partial charge in [-0.3, -0.25) is 4.57 Å². The van der Waals surface area contributed by atoms with Gasteiger partial charge in [0.15, 0.2) is 11.0 Å². The van der Waals surface area contributed by atoms with Crippen molar-refractivity contribution < 1.29 is 18.6 Å². The summed E-state index contributed by atoms with van der Waals surface area (Å²) in [6.07, 6.45) is 0.903. The SMILES string of the molecule is CCOc1ccc(-c2nnc(SC[C@@H]3CCOCO3)n2-c2ccccc2F)cc1. The van der Waals surface area contributed by atoms with Gasteiger partial charge in [-0.1, -0.05) is 23.9 Å². The van der Waals surface area contributed by atoms with Crippen molar-refractivity contribution in [1.82, 2.24) is 14.8 Å². The van der Waals surface area contributed by atoms with E-state index in [1.165, 1.54) is 17.8 Å². The van der Waals surface area contributed by atoms with Gasteiger partial charge in [-0.25, -0.2) is 4.39 Å². The van der Waals surface area contributed by atoms with Crippen LogP contribution in [0.1, 0.15) is 13.3 Å². The van der Waals surface area contributed by atoms with Crippen molar-refractivity contribution in [1.29, 1.82) is 0 Å². The molecular formula is C21H22FN3O3S. The molecule has 29 heavy (non-hydrogen) atoms. The van der Waals surface area contributed by atoms with E-state index in [0.717, 1.165) is 17.7 Å². The highest BCUT2D eigenvalue weighted by atomic mass is 32.2. The summed E-state index contributed by atoms with van der Waals surface area (Å²) in [5, 5.41) is 9.33. The van der Waals surface area contributed by atoms with E-state index in [1.54, 1.807) is 22.8 Å². The summed E-state index contributed by atoms with van der Waals surface area (Å²) >= 11 is 1.50. The molecule has 1 fully saturated rings. The van der Waals surface area contributed by atoms with Crippen molar-refractivity contribution in [3.63, 3.8) is 0 Å². The number of hydrogen-bond acceptors (Lipinski definition) is 6. The molecule has 0 bridgehead atoms. The average Bonchev–Trinajstić information content (AvgIpc) is 3.18. The van der Waals surface area contributed by atoms with Crippen LogP contribution in [0.3, 0.4) is 0 Å². The Morgan fingerprint density at radius 2 is 2.00 bits per heavy atom. The number of halogens is 1. The number of benzene rings is 2. The van der Waals surface area contributed by atoms with Gasteiger partial charge >= 0.3 is 0 Å². The van der Waals surface area contributed by atoms with Crippen LogP contribution in [-0.4, -0.2) is 46.6 Å². The molecule has 3 aromatic rings. The van der Waals surface area contributed by atoms with Crippen LogP contribution >= 0.6 is 11.8 Å². The highest BCUT2D eigenvalue weighted by Crippen LogP contribution is 2.31. The summed E-state index contributed by atoms with van der Waals surface area (Å²) < 4.78 is 32.7. The number of rotatable bonds is 7. The summed E-state index contributed by atoms with van der Waals surface area (Å²) in [5.74, 6) is 1.72. The van der Waals surface area contributed by atoms with Gasteiger partial charge in [0.25, 0.3) is 0 Å². The topological polar surface area (TPSA) is 58.4 Å². The zero-order valence-corrected chi connectivity index (χ0v) is 16.9. The van der Waals surface area contributed by atoms with Gasteiger partial charge in [0, 0.05) is 11.3 Å². The van der Waals surface area contributed by atoms with Crippen LogP contribution in [0, 0.1) is 5.82 Å². The lowest BCUT2D eigenvalue weighted by Gasteiger charge is -2.22.